The van der Waals surface area contributed by atoms with Crippen LogP contribution < -0.4 is 0 Å². The molecule has 0 saturated heterocycles. The van der Waals surface area contributed by atoms with E-state index in [-0.39, 0.29) is 0 Å². The summed E-state index contributed by atoms with van der Waals surface area (Å²) in [5.41, 5.74) is 2.62. The molecule has 1 aromatic carbocycles. The molecular formula is C15H11Cl2NOS. The standard InChI is InChI=1S/C15H11Cl2NOS/c16-11-2-1-9(12(17)7-11)5-14(19)10-6-15-13(18-8-10)3-4-20-15/h1-4,6-8,14,19H,5H2. The Bertz CT molecular complexity index is 756. The minimum absolute atomic E-state index is 0.439. The van der Waals surface area contributed by atoms with Gasteiger partial charge in [0.05, 0.1) is 16.3 Å². The third-order valence-corrected chi connectivity index (χ3v) is 4.58. The molecule has 2 nitrogen and oxygen atoms in total. The second-order valence-corrected chi connectivity index (χ2v) is 6.32. The molecule has 1 unspecified atom stereocenters. The highest BCUT2D eigenvalue weighted by atomic mass is 35.5. The lowest BCUT2D eigenvalue weighted by atomic mass is 10.0. The SMILES string of the molecule is OC(Cc1ccc(Cl)cc1Cl)c1cnc2ccsc2c1. The molecule has 0 saturated carbocycles. The predicted octanol–water partition coefficient (Wildman–Crippen LogP) is 4.88. The molecule has 2 heterocycles. The number of thiophene rings is 1. The lowest BCUT2D eigenvalue weighted by Gasteiger charge is -2.12. The lowest BCUT2D eigenvalue weighted by Crippen LogP contribution is -2.02. The highest BCUT2D eigenvalue weighted by Gasteiger charge is 2.12. The first-order valence-corrected chi connectivity index (χ1v) is 7.72. The number of pyridine rings is 1. The van der Waals surface area contributed by atoms with Gasteiger partial charge in [-0.2, -0.15) is 0 Å². The topological polar surface area (TPSA) is 33.1 Å². The van der Waals surface area contributed by atoms with Gasteiger partial charge in [0.25, 0.3) is 0 Å². The maximum Gasteiger partial charge on any atom is 0.0846 e. The zero-order valence-electron chi connectivity index (χ0n) is 10.4. The number of hydrogen-bond donors (Lipinski definition) is 1. The second-order valence-electron chi connectivity index (χ2n) is 4.53. The summed E-state index contributed by atoms with van der Waals surface area (Å²) >= 11 is 13.6. The summed E-state index contributed by atoms with van der Waals surface area (Å²) in [7, 11) is 0. The summed E-state index contributed by atoms with van der Waals surface area (Å²) < 4.78 is 1.07. The Morgan fingerprint density at radius 2 is 2.05 bits per heavy atom. The van der Waals surface area contributed by atoms with Crippen LogP contribution in [0.25, 0.3) is 10.2 Å². The molecule has 3 aromatic rings. The largest absolute Gasteiger partial charge is 0.388 e. The molecular weight excluding hydrogens is 313 g/mol. The van der Waals surface area contributed by atoms with Crippen LogP contribution in [0.4, 0.5) is 0 Å². The van der Waals surface area contributed by atoms with Crippen LogP contribution in [-0.4, -0.2) is 10.1 Å². The molecule has 20 heavy (non-hydrogen) atoms. The highest BCUT2D eigenvalue weighted by Crippen LogP contribution is 2.28. The Hall–Kier alpha value is -1.13. The number of rotatable bonds is 3. The van der Waals surface area contributed by atoms with Crippen LogP contribution in [0, 0.1) is 0 Å². The van der Waals surface area contributed by atoms with Gasteiger partial charge in [0, 0.05) is 28.2 Å². The molecule has 0 aliphatic rings. The number of nitrogens with zero attached hydrogens (tertiary/aromatic N) is 1. The van der Waals surface area contributed by atoms with Crippen molar-refractivity contribution in [1.29, 1.82) is 0 Å². The maximum absolute atomic E-state index is 10.3. The van der Waals surface area contributed by atoms with Gasteiger partial charge < -0.3 is 5.11 Å². The fraction of sp³-hybridized carbons (Fsp3) is 0.133. The average Bonchev–Trinajstić information content (AvgIpc) is 2.89. The quantitative estimate of drug-likeness (QED) is 0.745. The van der Waals surface area contributed by atoms with Crippen molar-refractivity contribution in [3.05, 3.63) is 63.1 Å². The Balaban J connectivity index is 1.86. The molecule has 0 aliphatic heterocycles. The van der Waals surface area contributed by atoms with E-state index in [1.54, 1.807) is 29.7 Å². The minimum Gasteiger partial charge on any atom is -0.388 e. The van der Waals surface area contributed by atoms with Crippen LogP contribution in [-0.2, 0) is 6.42 Å². The molecule has 3 rings (SSSR count). The van der Waals surface area contributed by atoms with Gasteiger partial charge in [0.15, 0.2) is 0 Å². The van der Waals surface area contributed by atoms with Gasteiger partial charge in [-0.3, -0.25) is 4.98 Å². The summed E-state index contributed by atoms with van der Waals surface area (Å²) in [6.45, 7) is 0. The molecule has 0 amide bonds. The van der Waals surface area contributed by atoms with Crippen molar-refractivity contribution < 1.29 is 5.11 Å². The van der Waals surface area contributed by atoms with E-state index in [1.807, 2.05) is 23.6 Å². The fourth-order valence-electron chi connectivity index (χ4n) is 2.06. The van der Waals surface area contributed by atoms with E-state index < -0.39 is 6.10 Å². The van der Waals surface area contributed by atoms with Crippen molar-refractivity contribution in [3.63, 3.8) is 0 Å². The molecule has 1 atom stereocenters. The summed E-state index contributed by atoms with van der Waals surface area (Å²) in [5, 5.41) is 13.5. The van der Waals surface area contributed by atoms with Crippen molar-refractivity contribution in [1.82, 2.24) is 4.98 Å². The molecule has 0 aliphatic carbocycles. The molecule has 1 N–H and O–H groups in total. The van der Waals surface area contributed by atoms with E-state index in [2.05, 4.69) is 4.98 Å². The molecule has 0 bridgehead atoms. The van der Waals surface area contributed by atoms with Gasteiger partial charge in [-0.25, -0.2) is 0 Å². The highest BCUT2D eigenvalue weighted by molar-refractivity contribution is 7.17. The first kappa shape index (κ1) is 13.8. The predicted molar refractivity (Wildman–Crippen MR) is 84.7 cm³/mol. The molecule has 5 heteroatoms. The maximum atomic E-state index is 10.3. The summed E-state index contributed by atoms with van der Waals surface area (Å²) in [5.74, 6) is 0. The fourth-order valence-corrected chi connectivity index (χ4v) is 3.33. The summed E-state index contributed by atoms with van der Waals surface area (Å²) in [6, 6.07) is 9.24. The van der Waals surface area contributed by atoms with Gasteiger partial charge in [-0.1, -0.05) is 29.3 Å². The van der Waals surface area contributed by atoms with Crippen molar-refractivity contribution in [2.24, 2.45) is 0 Å². The van der Waals surface area contributed by atoms with Crippen LogP contribution in [0.15, 0.2) is 41.9 Å². The number of aliphatic hydroxyl groups is 1. The van der Waals surface area contributed by atoms with Crippen LogP contribution >= 0.6 is 34.5 Å². The number of halogens is 2. The van der Waals surface area contributed by atoms with Crippen molar-refractivity contribution >= 4 is 44.8 Å². The van der Waals surface area contributed by atoms with Gasteiger partial charge in [-0.15, -0.1) is 11.3 Å². The van der Waals surface area contributed by atoms with Crippen molar-refractivity contribution in [3.8, 4) is 0 Å². The van der Waals surface area contributed by atoms with E-state index in [0.717, 1.165) is 21.3 Å². The van der Waals surface area contributed by atoms with Crippen molar-refractivity contribution in [2.75, 3.05) is 0 Å². The van der Waals surface area contributed by atoms with E-state index in [4.69, 9.17) is 23.2 Å². The third kappa shape index (κ3) is 2.81. The van der Waals surface area contributed by atoms with E-state index in [9.17, 15) is 5.11 Å². The van der Waals surface area contributed by atoms with E-state index in [0.29, 0.717) is 16.5 Å². The average molecular weight is 324 g/mol. The second kappa shape index (κ2) is 5.70. The van der Waals surface area contributed by atoms with E-state index in [1.165, 1.54) is 0 Å². The zero-order chi connectivity index (χ0) is 14.1. The summed E-state index contributed by atoms with van der Waals surface area (Å²) in [4.78, 5) is 4.34. The molecule has 0 fully saturated rings. The number of aliphatic hydroxyl groups excluding tert-OH is 1. The number of benzene rings is 1. The first-order valence-electron chi connectivity index (χ1n) is 6.08. The van der Waals surface area contributed by atoms with Crippen LogP contribution in [0.1, 0.15) is 17.2 Å². The van der Waals surface area contributed by atoms with Gasteiger partial charge in [0.1, 0.15) is 0 Å². The monoisotopic (exact) mass is 323 g/mol. The number of aromatic nitrogens is 1. The Kier molecular flexibility index (Phi) is 3.94. The molecule has 2 aromatic heterocycles. The molecule has 102 valence electrons. The number of fused-ring (bicyclic) bond motifs is 1. The number of hydrogen-bond acceptors (Lipinski definition) is 3. The summed E-state index contributed by atoms with van der Waals surface area (Å²) in [6.07, 6.45) is 1.52. The Labute approximate surface area is 130 Å². The van der Waals surface area contributed by atoms with Crippen LogP contribution in [0.2, 0.25) is 10.0 Å². The minimum atomic E-state index is -0.632. The normalized spacial score (nSPS) is 12.8. The molecule has 0 radical (unpaired) electrons. The van der Waals surface area contributed by atoms with Crippen LogP contribution in [0.5, 0.6) is 0 Å². The Morgan fingerprint density at radius 3 is 2.85 bits per heavy atom. The Morgan fingerprint density at radius 1 is 1.20 bits per heavy atom. The molecule has 0 spiro atoms. The lowest BCUT2D eigenvalue weighted by molar-refractivity contribution is 0.178. The zero-order valence-corrected chi connectivity index (χ0v) is 12.7. The van der Waals surface area contributed by atoms with Gasteiger partial charge in [0.2, 0.25) is 0 Å². The third-order valence-electron chi connectivity index (χ3n) is 3.14. The first-order chi connectivity index (χ1) is 9.63. The van der Waals surface area contributed by atoms with Gasteiger partial charge >= 0.3 is 0 Å². The van der Waals surface area contributed by atoms with E-state index >= 15 is 0 Å². The van der Waals surface area contributed by atoms with Gasteiger partial charge in [-0.05, 0) is 35.2 Å². The van der Waals surface area contributed by atoms with Crippen molar-refractivity contribution in [2.45, 2.75) is 12.5 Å². The smallest absolute Gasteiger partial charge is 0.0846 e. The van der Waals surface area contributed by atoms with Crippen LogP contribution in [0.3, 0.4) is 0 Å².